The zero-order chi connectivity index (χ0) is 45.1. The van der Waals surface area contributed by atoms with Crippen LogP contribution in [0.5, 0.6) is 0 Å². The third-order valence-corrected chi connectivity index (χ3v) is 14.9. The predicted octanol–water partition coefficient (Wildman–Crippen LogP) is 21.4. The van der Waals surface area contributed by atoms with Crippen molar-refractivity contribution in [2.75, 3.05) is 0 Å². The van der Waals surface area contributed by atoms with E-state index in [0.717, 1.165) is 13.1 Å². The molecule has 0 spiro atoms. The second-order valence-corrected chi connectivity index (χ2v) is 21.0. The van der Waals surface area contributed by atoms with Gasteiger partial charge in [0.15, 0.2) is 0 Å². The Balaban J connectivity index is 0. The van der Waals surface area contributed by atoms with Crippen LogP contribution in [0.2, 0.25) is 0 Å². The summed E-state index contributed by atoms with van der Waals surface area (Å²) in [6, 6.07) is 12.6. The van der Waals surface area contributed by atoms with E-state index in [9.17, 15) is 0 Å². The molecule has 0 fully saturated rings. The average molecular weight is 939 g/mol. The second-order valence-electron chi connectivity index (χ2n) is 21.0. The summed E-state index contributed by atoms with van der Waals surface area (Å²) in [4.78, 5) is 5.80. The Morgan fingerprint density at radius 1 is 0.266 bits per heavy atom. The number of hydrogen-bond acceptors (Lipinski definition) is 2. The normalized spacial score (nSPS) is 13.5. The Morgan fingerprint density at radius 2 is 0.422 bits per heavy atom. The summed E-state index contributed by atoms with van der Waals surface area (Å²) in [6.45, 7) is 21.7. The van der Waals surface area contributed by atoms with E-state index >= 15 is 0 Å². The fraction of sp³-hybridized carbons (Fsp3) is 0.900. The molecule has 0 saturated heterocycles. The van der Waals surface area contributed by atoms with Crippen molar-refractivity contribution in [2.24, 2.45) is 0 Å². The molecule has 4 heteroatoms. The molecular formula is C60H118Cl2N2. The molecule has 2 nitrogen and oxygen atoms in total. The molecule has 382 valence electrons. The van der Waals surface area contributed by atoms with Gasteiger partial charge in [0.05, 0.1) is 0 Å². The third kappa shape index (κ3) is 37.7. The van der Waals surface area contributed by atoms with E-state index in [4.69, 9.17) is 0 Å². The van der Waals surface area contributed by atoms with Crippen molar-refractivity contribution in [3.05, 3.63) is 35.4 Å². The van der Waals surface area contributed by atoms with E-state index in [0.29, 0.717) is 24.2 Å². The minimum absolute atomic E-state index is 0. The number of nitrogens with zero attached hydrogens (tertiary/aromatic N) is 2. The lowest BCUT2D eigenvalue weighted by atomic mass is 9.99. The third-order valence-electron chi connectivity index (χ3n) is 14.9. The zero-order valence-corrected chi connectivity index (χ0v) is 46.7. The first-order chi connectivity index (χ1) is 30.4. The fourth-order valence-corrected chi connectivity index (χ4v) is 10.3. The van der Waals surface area contributed by atoms with E-state index < -0.39 is 0 Å². The lowest BCUT2D eigenvalue weighted by molar-refractivity contribution is 0.125. The van der Waals surface area contributed by atoms with Gasteiger partial charge in [0.25, 0.3) is 0 Å². The first kappa shape index (κ1) is 65.8. The van der Waals surface area contributed by atoms with Gasteiger partial charge in [-0.1, -0.05) is 283 Å². The van der Waals surface area contributed by atoms with Gasteiger partial charge in [-0.3, -0.25) is 9.80 Å². The first-order valence-corrected chi connectivity index (χ1v) is 29.0. The van der Waals surface area contributed by atoms with E-state index in [-0.39, 0.29) is 24.8 Å². The Morgan fingerprint density at radius 3 is 0.594 bits per heavy atom. The average Bonchev–Trinajstić information content (AvgIpc) is 3.27. The minimum Gasteiger partial charge on any atom is -0.294 e. The van der Waals surface area contributed by atoms with Crippen molar-refractivity contribution in [3.63, 3.8) is 0 Å². The SMILES string of the molecule is CCCCCCCCCCCC(C)N(Cc1ccc(CN(C(C)CCCCCCCCCCC)C(C)CCCCCCCCCCC)cc1)C(C)CCCCCCCCCCC.Cl.Cl. The van der Waals surface area contributed by atoms with E-state index in [1.807, 2.05) is 0 Å². The fourth-order valence-electron chi connectivity index (χ4n) is 10.3. The molecule has 64 heavy (non-hydrogen) atoms. The summed E-state index contributed by atoms with van der Waals surface area (Å²) in [5.74, 6) is 0. The molecule has 0 saturated carbocycles. The van der Waals surface area contributed by atoms with Crippen LogP contribution in [0.1, 0.15) is 323 Å². The molecule has 0 heterocycles. The van der Waals surface area contributed by atoms with Gasteiger partial charge in [0.2, 0.25) is 0 Å². The van der Waals surface area contributed by atoms with Crippen LogP contribution in [0.15, 0.2) is 24.3 Å². The smallest absolute Gasteiger partial charge is 0.0239 e. The van der Waals surface area contributed by atoms with Gasteiger partial charge in [-0.05, 0) is 64.5 Å². The highest BCUT2D eigenvalue weighted by Crippen LogP contribution is 2.25. The van der Waals surface area contributed by atoms with Crippen LogP contribution < -0.4 is 0 Å². The molecule has 1 rings (SSSR count). The molecule has 0 aliphatic carbocycles. The van der Waals surface area contributed by atoms with Gasteiger partial charge in [-0.25, -0.2) is 0 Å². The van der Waals surface area contributed by atoms with Crippen LogP contribution in [0.25, 0.3) is 0 Å². The molecule has 4 atom stereocenters. The van der Waals surface area contributed by atoms with Crippen LogP contribution >= 0.6 is 24.8 Å². The first-order valence-electron chi connectivity index (χ1n) is 29.0. The van der Waals surface area contributed by atoms with Gasteiger partial charge in [0, 0.05) is 37.3 Å². The van der Waals surface area contributed by atoms with Crippen LogP contribution in [0.3, 0.4) is 0 Å². The molecule has 1 aromatic carbocycles. The quantitative estimate of drug-likeness (QED) is 0.0601. The Kier molecular flexibility index (Phi) is 50.5. The van der Waals surface area contributed by atoms with Crippen LogP contribution in [-0.4, -0.2) is 34.0 Å². The largest absolute Gasteiger partial charge is 0.294 e. The Bertz CT molecular complexity index is 894. The minimum atomic E-state index is 0. The van der Waals surface area contributed by atoms with Crippen molar-refractivity contribution in [1.82, 2.24) is 9.80 Å². The van der Waals surface area contributed by atoms with Gasteiger partial charge in [0.1, 0.15) is 0 Å². The predicted molar refractivity (Wildman–Crippen MR) is 297 cm³/mol. The summed E-state index contributed by atoms with van der Waals surface area (Å²) in [5, 5.41) is 0. The standard InChI is InChI=1S/C60H116N2.2ClH/c1-9-13-17-21-25-29-33-37-41-45-55(5)61(56(6)46-42-38-34-30-26-22-18-14-10-2)53-59-49-51-60(52-50-59)54-62(57(7)47-43-39-35-31-27-23-19-15-11-3)58(8)48-44-40-36-32-28-24-20-16-12-4;;/h49-52,55-58H,9-48,53-54H2,1-8H3;2*1H. The van der Waals surface area contributed by atoms with Crippen LogP contribution in [0, 0.1) is 0 Å². The summed E-state index contributed by atoms with van der Waals surface area (Å²) < 4.78 is 0. The van der Waals surface area contributed by atoms with E-state index in [1.165, 1.54) is 268 Å². The highest BCUT2D eigenvalue weighted by Gasteiger charge is 2.22. The number of unbranched alkanes of at least 4 members (excludes halogenated alkanes) is 32. The van der Waals surface area contributed by atoms with Crippen molar-refractivity contribution < 1.29 is 0 Å². The van der Waals surface area contributed by atoms with E-state index in [1.54, 1.807) is 0 Å². The highest BCUT2D eigenvalue weighted by molar-refractivity contribution is 5.85. The van der Waals surface area contributed by atoms with Crippen molar-refractivity contribution in [3.8, 4) is 0 Å². The lowest BCUT2D eigenvalue weighted by Gasteiger charge is -2.36. The monoisotopic (exact) mass is 937 g/mol. The molecule has 0 amide bonds. The van der Waals surface area contributed by atoms with Crippen molar-refractivity contribution in [2.45, 2.75) is 349 Å². The maximum absolute atomic E-state index is 2.90. The highest BCUT2D eigenvalue weighted by atomic mass is 35.5. The maximum Gasteiger partial charge on any atom is 0.0239 e. The Labute approximate surface area is 417 Å². The zero-order valence-electron chi connectivity index (χ0n) is 45.0. The summed E-state index contributed by atoms with van der Waals surface area (Å²) in [6.07, 6.45) is 56.5. The number of halogens is 2. The van der Waals surface area contributed by atoms with Gasteiger partial charge in [-0.15, -0.1) is 24.8 Å². The number of benzene rings is 1. The maximum atomic E-state index is 2.90. The molecule has 4 unspecified atom stereocenters. The molecule has 0 aliphatic heterocycles. The second kappa shape index (κ2) is 49.2. The summed E-state index contributed by atoms with van der Waals surface area (Å²) in [5.41, 5.74) is 3.03. The van der Waals surface area contributed by atoms with E-state index in [2.05, 4.69) is 89.5 Å². The molecule has 0 radical (unpaired) electrons. The molecule has 1 aromatic rings. The number of hydrogen-bond donors (Lipinski definition) is 0. The Hall–Kier alpha value is -0.280. The number of rotatable bonds is 48. The molecule has 0 bridgehead atoms. The van der Waals surface area contributed by atoms with Crippen molar-refractivity contribution >= 4 is 24.8 Å². The van der Waals surface area contributed by atoms with Crippen LogP contribution in [-0.2, 0) is 13.1 Å². The van der Waals surface area contributed by atoms with Crippen LogP contribution in [0.4, 0.5) is 0 Å². The summed E-state index contributed by atoms with van der Waals surface area (Å²) in [7, 11) is 0. The van der Waals surface area contributed by atoms with Crippen molar-refractivity contribution in [1.29, 1.82) is 0 Å². The lowest BCUT2D eigenvalue weighted by Crippen LogP contribution is -2.40. The molecule has 0 aliphatic rings. The summed E-state index contributed by atoms with van der Waals surface area (Å²) >= 11 is 0. The molecule has 0 aromatic heterocycles. The van der Waals surface area contributed by atoms with Gasteiger partial charge < -0.3 is 0 Å². The molecular weight excluding hydrogens is 820 g/mol. The van der Waals surface area contributed by atoms with Gasteiger partial charge >= 0.3 is 0 Å². The topological polar surface area (TPSA) is 6.48 Å². The van der Waals surface area contributed by atoms with Gasteiger partial charge in [-0.2, -0.15) is 0 Å². The molecule has 0 N–H and O–H groups in total.